The van der Waals surface area contributed by atoms with Crippen molar-refractivity contribution < 1.29 is 14.6 Å². The first-order chi connectivity index (χ1) is 15.1. The third-order valence-electron chi connectivity index (χ3n) is 5.17. The van der Waals surface area contributed by atoms with Crippen LogP contribution < -0.4 is 10.1 Å². The molecule has 4 rings (SSSR count). The van der Waals surface area contributed by atoms with Gasteiger partial charge in [-0.05, 0) is 47.0 Å². The van der Waals surface area contributed by atoms with Crippen molar-refractivity contribution in [2.24, 2.45) is 0 Å². The molecule has 0 spiro atoms. The van der Waals surface area contributed by atoms with Crippen LogP contribution in [0.3, 0.4) is 0 Å². The van der Waals surface area contributed by atoms with Gasteiger partial charge in [0, 0.05) is 35.1 Å². The van der Waals surface area contributed by atoms with Gasteiger partial charge in [-0.15, -0.1) is 0 Å². The lowest BCUT2D eigenvalue weighted by molar-refractivity contribution is -0.139. The first kappa shape index (κ1) is 21.0. The van der Waals surface area contributed by atoms with Gasteiger partial charge in [-0.25, -0.2) is 0 Å². The summed E-state index contributed by atoms with van der Waals surface area (Å²) < 4.78 is 5.87. The topological polar surface area (TPSA) is 74.3 Å². The van der Waals surface area contributed by atoms with E-state index in [2.05, 4.69) is 10.3 Å². The molecule has 1 heterocycles. The van der Waals surface area contributed by atoms with E-state index in [1.165, 1.54) is 0 Å². The predicted octanol–water partition coefficient (Wildman–Crippen LogP) is 5.19. The fraction of sp³-hybridized carbons (Fsp3) is 0.160. The summed E-state index contributed by atoms with van der Waals surface area (Å²) in [4.78, 5) is 15.0. The van der Waals surface area contributed by atoms with Gasteiger partial charge in [-0.1, -0.05) is 54.1 Å². The molecule has 6 heteroatoms. The molecular weight excluding hydrogens is 412 g/mol. The summed E-state index contributed by atoms with van der Waals surface area (Å²) in [5.41, 5.74) is 3.97. The number of nitrogens with one attached hydrogen (secondary N) is 2. The largest absolute Gasteiger partial charge is 0.489 e. The van der Waals surface area contributed by atoms with E-state index in [1.807, 2.05) is 79.0 Å². The molecule has 0 unspecified atom stereocenters. The molecule has 5 nitrogen and oxygen atoms in total. The number of carboxylic acids is 1. The van der Waals surface area contributed by atoms with Crippen LogP contribution in [-0.4, -0.2) is 22.1 Å². The number of H-pyrrole nitrogens is 1. The normalized spacial score (nSPS) is 12.0. The van der Waals surface area contributed by atoms with Gasteiger partial charge in [-0.2, -0.15) is 0 Å². The van der Waals surface area contributed by atoms with Crippen LogP contribution in [0.5, 0.6) is 5.75 Å². The Labute approximate surface area is 185 Å². The van der Waals surface area contributed by atoms with E-state index < -0.39 is 12.0 Å². The van der Waals surface area contributed by atoms with Crippen molar-refractivity contribution in [1.29, 1.82) is 0 Å². The van der Waals surface area contributed by atoms with Gasteiger partial charge < -0.3 is 20.1 Å². The Morgan fingerprint density at radius 1 is 1.03 bits per heavy atom. The summed E-state index contributed by atoms with van der Waals surface area (Å²) >= 11 is 5.91. The van der Waals surface area contributed by atoms with Crippen molar-refractivity contribution >= 4 is 28.5 Å². The highest BCUT2D eigenvalue weighted by Crippen LogP contribution is 2.20. The second-order valence-electron chi connectivity index (χ2n) is 7.40. The zero-order valence-corrected chi connectivity index (χ0v) is 17.6. The molecule has 1 aromatic heterocycles. The molecular formula is C25H23ClN2O3. The number of rotatable bonds is 9. The Hall–Kier alpha value is -3.28. The number of halogens is 1. The van der Waals surface area contributed by atoms with Crippen molar-refractivity contribution in [3.8, 4) is 5.75 Å². The number of para-hydroxylation sites is 1. The summed E-state index contributed by atoms with van der Waals surface area (Å²) in [7, 11) is 0. The molecule has 0 saturated heterocycles. The lowest BCUT2D eigenvalue weighted by atomic mass is 10.0. The SMILES string of the molecule is O=C(O)[C@@H](Cc1c[nH]c2ccccc12)NCc1cccc(OCc2ccc(Cl)cc2)c1. The molecule has 4 aromatic rings. The van der Waals surface area contributed by atoms with Crippen LogP contribution in [0.15, 0.2) is 79.0 Å². The summed E-state index contributed by atoms with van der Waals surface area (Å²) in [6.07, 6.45) is 2.28. The smallest absolute Gasteiger partial charge is 0.321 e. The van der Waals surface area contributed by atoms with Gasteiger partial charge in [0.15, 0.2) is 0 Å². The molecule has 0 fully saturated rings. The molecule has 0 amide bonds. The minimum Gasteiger partial charge on any atom is -0.489 e. The fourth-order valence-electron chi connectivity index (χ4n) is 3.50. The second-order valence-corrected chi connectivity index (χ2v) is 7.83. The number of hydrogen-bond acceptors (Lipinski definition) is 3. The molecule has 3 aromatic carbocycles. The number of aromatic nitrogens is 1. The van der Waals surface area contributed by atoms with E-state index in [4.69, 9.17) is 16.3 Å². The lowest BCUT2D eigenvalue weighted by Crippen LogP contribution is -2.38. The maximum absolute atomic E-state index is 11.8. The minimum atomic E-state index is -0.875. The highest BCUT2D eigenvalue weighted by atomic mass is 35.5. The van der Waals surface area contributed by atoms with Gasteiger partial charge >= 0.3 is 5.97 Å². The Morgan fingerprint density at radius 2 is 1.84 bits per heavy atom. The van der Waals surface area contributed by atoms with Crippen LogP contribution in [-0.2, 0) is 24.4 Å². The van der Waals surface area contributed by atoms with Gasteiger partial charge in [-0.3, -0.25) is 4.79 Å². The predicted molar refractivity (Wildman–Crippen MR) is 122 cm³/mol. The van der Waals surface area contributed by atoms with E-state index in [1.54, 1.807) is 0 Å². The summed E-state index contributed by atoms with van der Waals surface area (Å²) in [5.74, 6) is -0.141. The summed E-state index contributed by atoms with van der Waals surface area (Å²) in [5, 5.41) is 14.6. The number of aliphatic carboxylic acids is 1. The third-order valence-corrected chi connectivity index (χ3v) is 5.42. The highest BCUT2D eigenvalue weighted by Gasteiger charge is 2.19. The molecule has 31 heavy (non-hydrogen) atoms. The van der Waals surface area contributed by atoms with Gasteiger partial charge in [0.2, 0.25) is 0 Å². The van der Waals surface area contributed by atoms with Crippen molar-refractivity contribution in [2.45, 2.75) is 25.6 Å². The van der Waals surface area contributed by atoms with Crippen LogP contribution in [0, 0.1) is 0 Å². The molecule has 0 aliphatic carbocycles. The van der Waals surface area contributed by atoms with Crippen LogP contribution in [0.25, 0.3) is 10.9 Å². The van der Waals surface area contributed by atoms with E-state index in [9.17, 15) is 9.90 Å². The molecule has 0 aliphatic heterocycles. The number of ether oxygens (including phenoxy) is 1. The molecule has 0 radical (unpaired) electrons. The van der Waals surface area contributed by atoms with Crippen molar-refractivity contribution in [1.82, 2.24) is 10.3 Å². The van der Waals surface area contributed by atoms with E-state index >= 15 is 0 Å². The molecule has 1 atom stereocenters. The fourth-order valence-corrected chi connectivity index (χ4v) is 3.63. The number of carbonyl (C=O) groups is 1. The average Bonchev–Trinajstić information content (AvgIpc) is 3.19. The second kappa shape index (κ2) is 9.69. The molecule has 158 valence electrons. The number of aromatic amines is 1. The van der Waals surface area contributed by atoms with Gasteiger partial charge in [0.05, 0.1) is 0 Å². The van der Waals surface area contributed by atoms with Crippen molar-refractivity contribution in [3.05, 3.63) is 101 Å². The first-order valence-electron chi connectivity index (χ1n) is 10.1. The Morgan fingerprint density at radius 3 is 2.65 bits per heavy atom. The third kappa shape index (κ3) is 5.45. The van der Waals surface area contributed by atoms with Crippen molar-refractivity contribution in [2.75, 3.05) is 0 Å². The Balaban J connectivity index is 1.38. The van der Waals surface area contributed by atoms with Crippen molar-refractivity contribution in [3.63, 3.8) is 0 Å². The number of fused-ring (bicyclic) bond motifs is 1. The monoisotopic (exact) mass is 434 g/mol. The lowest BCUT2D eigenvalue weighted by Gasteiger charge is -2.15. The molecule has 0 saturated carbocycles. The maximum atomic E-state index is 11.8. The zero-order valence-electron chi connectivity index (χ0n) is 16.8. The van der Waals surface area contributed by atoms with Gasteiger partial charge in [0.25, 0.3) is 0 Å². The maximum Gasteiger partial charge on any atom is 0.321 e. The van der Waals surface area contributed by atoms with Crippen LogP contribution in [0.1, 0.15) is 16.7 Å². The summed E-state index contributed by atoms with van der Waals surface area (Å²) in [6, 6.07) is 22.4. The first-order valence-corrected chi connectivity index (χ1v) is 10.4. The van der Waals surface area contributed by atoms with E-state index in [-0.39, 0.29) is 0 Å². The average molecular weight is 435 g/mol. The van der Waals surface area contributed by atoms with Gasteiger partial charge in [0.1, 0.15) is 18.4 Å². The Kier molecular flexibility index (Phi) is 6.55. The highest BCUT2D eigenvalue weighted by molar-refractivity contribution is 6.30. The van der Waals surface area contributed by atoms with Crippen LogP contribution in [0.2, 0.25) is 5.02 Å². The number of benzene rings is 3. The molecule has 0 bridgehead atoms. The minimum absolute atomic E-state index is 0.395. The quantitative estimate of drug-likeness (QED) is 0.339. The number of hydrogen-bond donors (Lipinski definition) is 3. The van der Waals surface area contributed by atoms with Crippen LogP contribution in [0.4, 0.5) is 0 Å². The number of carboxylic acid groups (broad SMARTS) is 1. The van der Waals surface area contributed by atoms with E-state index in [0.717, 1.165) is 33.3 Å². The molecule has 3 N–H and O–H groups in total. The standard InChI is InChI=1S/C25H23ClN2O3/c26-20-10-8-17(9-11-20)16-31-21-5-3-4-18(12-21)14-27-24(25(29)30)13-19-15-28-23-7-2-1-6-22(19)23/h1-12,15,24,27-28H,13-14,16H2,(H,29,30)/t24-/m1/s1. The van der Waals surface area contributed by atoms with E-state index in [0.29, 0.717) is 24.6 Å². The molecule has 0 aliphatic rings. The summed E-state index contributed by atoms with van der Waals surface area (Å²) in [6.45, 7) is 0.865. The zero-order chi connectivity index (χ0) is 21.6. The van der Waals surface area contributed by atoms with Crippen LogP contribution >= 0.6 is 11.6 Å². The Bertz CT molecular complexity index is 1170.